The topological polar surface area (TPSA) is 40.5 Å². The highest BCUT2D eigenvalue weighted by Gasteiger charge is 2.50. The number of hydrogen-bond acceptors (Lipinski definition) is 2. The zero-order chi connectivity index (χ0) is 15.6. The molecule has 4 aliphatic rings. The number of aromatic hydroxyl groups is 1. The number of hydrogen-bond donors (Lipinski definition) is 2. The minimum absolute atomic E-state index is 0.210. The third-order valence-corrected chi connectivity index (χ3v) is 7.28. The van der Waals surface area contributed by atoms with E-state index in [4.69, 9.17) is 0 Å². The quantitative estimate of drug-likeness (QED) is 0.701. The van der Waals surface area contributed by atoms with Crippen LogP contribution in [-0.4, -0.2) is 16.3 Å². The van der Waals surface area contributed by atoms with Crippen LogP contribution in [0, 0.1) is 17.8 Å². The predicted molar refractivity (Wildman–Crippen MR) is 90.4 cm³/mol. The Hall–Kier alpha value is -1.28. The number of allylic oxidation sites excluding steroid dienone is 2. The van der Waals surface area contributed by atoms with Crippen molar-refractivity contribution in [3.05, 3.63) is 40.5 Å². The Labute approximate surface area is 138 Å². The first-order chi connectivity index (χ1) is 11.2. The summed E-state index contributed by atoms with van der Waals surface area (Å²) in [5.74, 6) is 2.75. The van der Waals surface area contributed by atoms with Crippen molar-refractivity contribution in [1.29, 1.82) is 0 Å². The highest BCUT2D eigenvalue weighted by molar-refractivity contribution is 5.41. The molecule has 0 amide bonds. The van der Waals surface area contributed by atoms with Crippen molar-refractivity contribution in [1.82, 2.24) is 0 Å². The molecule has 0 heterocycles. The fraction of sp³-hybridized carbons (Fsp3) is 0.619. The summed E-state index contributed by atoms with van der Waals surface area (Å²) < 4.78 is 0. The molecule has 2 nitrogen and oxygen atoms in total. The number of phenolic OH excluding ortho intramolecular Hbond substituents is 1. The molecule has 0 aromatic heterocycles. The van der Waals surface area contributed by atoms with E-state index >= 15 is 0 Å². The van der Waals surface area contributed by atoms with Crippen LogP contribution in [0.25, 0.3) is 0 Å². The Morgan fingerprint density at radius 3 is 2.57 bits per heavy atom. The molecule has 5 atom stereocenters. The third-order valence-electron chi connectivity index (χ3n) is 7.28. The second kappa shape index (κ2) is 5.11. The Morgan fingerprint density at radius 1 is 0.957 bits per heavy atom. The molecule has 23 heavy (non-hydrogen) atoms. The first-order valence-electron chi connectivity index (χ1n) is 9.43. The number of aliphatic hydroxyl groups is 1. The van der Waals surface area contributed by atoms with Gasteiger partial charge in [0.15, 0.2) is 0 Å². The normalized spacial score (nSPS) is 38.6. The lowest BCUT2D eigenvalue weighted by molar-refractivity contribution is 0.0144. The lowest BCUT2D eigenvalue weighted by Crippen LogP contribution is -2.42. The van der Waals surface area contributed by atoms with Gasteiger partial charge in [0, 0.05) is 5.92 Å². The fourth-order valence-corrected chi connectivity index (χ4v) is 6.16. The number of fused-ring (bicyclic) bond motifs is 5. The highest BCUT2D eigenvalue weighted by Crippen LogP contribution is 2.58. The maximum atomic E-state index is 11.0. The lowest BCUT2D eigenvalue weighted by Gasteiger charge is -2.47. The minimum Gasteiger partial charge on any atom is -0.508 e. The molecule has 5 rings (SSSR count). The highest BCUT2D eigenvalue weighted by atomic mass is 16.3. The van der Waals surface area contributed by atoms with Crippen molar-refractivity contribution in [2.24, 2.45) is 17.8 Å². The average molecular weight is 310 g/mol. The van der Waals surface area contributed by atoms with Crippen LogP contribution in [0.4, 0.5) is 0 Å². The summed E-state index contributed by atoms with van der Waals surface area (Å²) in [6, 6.07) is 5.79. The Bertz CT molecular complexity index is 668. The molecule has 0 saturated heterocycles. The van der Waals surface area contributed by atoms with E-state index in [0.29, 0.717) is 23.5 Å². The van der Waals surface area contributed by atoms with Crippen LogP contribution < -0.4 is 0 Å². The summed E-state index contributed by atoms with van der Waals surface area (Å²) in [6.45, 7) is 0. The standard InChI is InChI=1S/C21H26O2/c22-14-5-7-16-13(10-14)4-6-18-17-9-8-15(12-2-1-3-12)19(17)11-20(23)21(16)18/h5,7,10,17-23H,1-4,6,8-9,11H2. The third kappa shape index (κ3) is 2.04. The van der Waals surface area contributed by atoms with Gasteiger partial charge in [-0.15, -0.1) is 0 Å². The summed E-state index contributed by atoms with van der Waals surface area (Å²) in [5, 5.41) is 20.7. The van der Waals surface area contributed by atoms with Gasteiger partial charge < -0.3 is 10.2 Å². The Morgan fingerprint density at radius 2 is 1.78 bits per heavy atom. The number of benzene rings is 1. The fourth-order valence-electron chi connectivity index (χ4n) is 6.16. The van der Waals surface area contributed by atoms with Crippen LogP contribution in [-0.2, 0) is 6.42 Å². The molecule has 122 valence electrons. The minimum atomic E-state index is -0.210. The van der Waals surface area contributed by atoms with Gasteiger partial charge >= 0.3 is 0 Å². The summed E-state index contributed by atoms with van der Waals surface area (Å²) in [5.41, 5.74) is 6.06. The van der Waals surface area contributed by atoms with Crippen molar-refractivity contribution in [2.75, 3.05) is 0 Å². The van der Waals surface area contributed by atoms with E-state index in [2.05, 4.69) is 6.07 Å². The van der Waals surface area contributed by atoms with E-state index in [-0.39, 0.29) is 6.10 Å². The van der Waals surface area contributed by atoms with Crippen molar-refractivity contribution in [2.45, 2.75) is 63.4 Å². The first-order valence-corrected chi connectivity index (χ1v) is 9.43. The molecular weight excluding hydrogens is 284 g/mol. The summed E-state index contributed by atoms with van der Waals surface area (Å²) in [7, 11) is 0. The van der Waals surface area contributed by atoms with Crippen LogP contribution >= 0.6 is 0 Å². The predicted octanol–water partition coefficient (Wildman–Crippen LogP) is 4.31. The van der Waals surface area contributed by atoms with Crippen LogP contribution in [0.3, 0.4) is 0 Å². The van der Waals surface area contributed by atoms with E-state index in [1.165, 1.54) is 49.7 Å². The molecule has 3 fully saturated rings. The van der Waals surface area contributed by atoms with Gasteiger partial charge in [-0.2, -0.15) is 0 Å². The first kappa shape index (κ1) is 14.1. The molecule has 0 spiro atoms. The van der Waals surface area contributed by atoms with E-state index in [0.717, 1.165) is 18.8 Å². The summed E-state index contributed by atoms with van der Waals surface area (Å²) in [6.07, 6.45) is 9.66. The number of aryl methyl sites for hydroxylation is 1. The molecule has 0 radical (unpaired) electrons. The van der Waals surface area contributed by atoms with Gasteiger partial charge in [0.25, 0.3) is 0 Å². The molecular formula is C21H26O2. The van der Waals surface area contributed by atoms with Crippen molar-refractivity contribution in [3.8, 4) is 5.75 Å². The molecule has 1 aromatic carbocycles. The Balaban J connectivity index is 1.51. The largest absolute Gasteiger partial charge is 0.508 e. The molecule has 3 saturated carbocycles. The zero-order valence-corrected chi connectivity index (χ0v) is 13.7. The van der Waals surface area contributed by atoms with Crippen molar-refractivity contribution in [3.63, 3.8) is 0 Å². The number of phenols is 1. The maximum absolute atomic E-state index is 11.0. The van der Waals surface area contributed by atoms with Gasteiger partial charge in [-0.25, -0.2) is 0 Å². The van der Waals surface area contributed by atoms with Crippen LogP contribution in [0.15, 0.2) is 29.3 Å². The van der Waals surface area contributed by atoms with Gasteiger partial charge in [0.1, 0.15) is 5.75 Å². The summed E-state index contributed by atoms with van der Waals surface area (Å²) in [4.78, 5) is 0. The molecule has 1 aromatic rings. The lowest BCUT2D eigenvalue weighted by atomic mass is 9.59. The second-order valence-electron chi connectivity index (χ2n) is 8.21. The smallest absolute Gasteiger partial charge is 0.115 e. The number of rotatable bonds is 0. The Kier molecular flexibility index (Phi) is 3.13. The summed E-state index contributed by atoms with van der Waals surface area (Å²) >= 11 is 0. The maximum Gasteiger partial charge on any atom is 0.115 e. The van der Waals surface area contributed by atoms with Crippen LogP contribution in [0.1, 0.15) is 62.0 Å². The monoisotopic (exact) mass is 310 g/mol. The van der Waals surface area contributed by atoms with E-state index in [1.807, 2.05) is 6.07 Å². The molecule has 5 unspecified atom stereocenters. The van der Waals surface area contributed by atoms with Crippen LogP contribution in [0.2, 0.25) is 0 Å². The average Bonchev–Trinajstić information content (AvgIpc) is 2.88. The van der Waals surface area contributed by atoms with E-state index in [1.54, 1.807) is 17.2 Å². The number of aliphatic hydroxyl groups excluding tert-OH is 1. The molecule has 2 N–H and O–H groups in total. The zero-order valence-electron chi connectivity index (χ0n) is 13.7. The molecule has 0 bridgehead atoms. The molecule has 4 aliphatic carbocycles. The van der Waals surface area contributed by atoms with Crippen molar-refractivity contribution < 1.29 is 10.2 Å². The van der Waals surface area contributed by atoms with E-state index < -0.39 is 0 Å². The molecule has 0 aliphatic heterocycles. The van der Waals surface area contributed by atoms with Gasteiger partial charge in [0.05, 0.1) is 6.10 Å². The van der Waals surface area contributed by atoms with E-state index in [9.17, 15) is 10.2 Å². The van der Waals surface area contributed by atoms with Gasteiger partial charge in [-0.05, 0) is 92.4 Å². The van der Waals surface area contributed by atoms with Gasteiger partial charge in [0.2, 0.25) is 0 Å². The van der Waals surface area contributed by atoms with Gasteiger partial charge in [-0.3, -0.25) is 0 Å². The SMILES string of the molecule is Oc1ccc2c(c1)CCC1C3CCC(=C4CCC4)C3CC(O)C21. The van der Waals surface area contributed by atoms with Crippen molar-refractivity contribution >= 4 is 0 Å². The molecule has 2 heteroatoms. The van der Waals surface area contributed by atoms with Gasteiger partial charge in [-0.1, -0.05) is 17.2 Å². The van der Waals surface area contributed by atoms with Crippen LogP contribution in [0.5, 0.6) is 5.75 Å². The second-order valence-corrected chi connectivity index (χ2v) is 8.21.